The largest absolute Gasteiger partial charge is 0.481 e. The summed E-state index contributed by atoms with van der Waals surface area (Å²) in [5, 5.41) is 2.88. The first-order valence-electron chi connectivity index (χ1n) is 8.29. The maximum absolute atomic E-state index is 12.4. The standard InChI is InChI=1S/C19H21N3O3/c1-25-17-8-7-15(11-20-17)12-21-19(24)16-5-2-4-14(10-16)13-22-9-3-6-18(22)23/h2,4-5,7-8,10-11H,3,6,9,12-13H2,1H3,(H,21,24). The maximum atomic E-state index is 12.4. The van der Waals surface area contributed by atoms with Gasteiger partial charge in [-0.05, 0) is 29.7 Å². The number of likely N-dealkylation sites (tertiary alicyclic amines) is 1. The number of ether oxygens (including phenoxy) is 1. The second-order valence-corrected chi connectivity index (χ2v) is 6.01. The first-order valence-corrected chi connectivity index (χ1v) is 8.29. The molecule has 1 aliphatic rings. The molecule has 2 heterocycles. The Morgan fingerprint density at radius 1 is 1.28 bits per heavy atom. The zero-order chi connectivity index (χ0) is 17.6. The third kappa shape index (κ3) is 4.35. The molecule has 1 fully saturated rings. The van der Waals surface area contributed by atoms with E-state index < -0.39 is 0 Å². The van der Waals surface area contributed by atoms with Gasteiger partial charge in [-0.25, -0.2) is 4.98 Å². The lowest BCUT2D eigenvalue weighted by atomic mass is 10.1. The molecule has 6 heteroatoms. The number of methoxy groups -OCH3 is 1. The second kappa shape index (κ2) is 7.79. The Labute approximate surface area is 146 Å². The summed E-state index contributed by atoms with van der Waals surface area (Å²) in [5.41, 5.74) is 2.45. The zero-order valence-corrected chi connectivity index (χ0v) is 14.2. The Morgan fingerprint density at radius 2 is 2.16 bits per heavy atom. The van der Waals surface area contributed by atoms with Crippen LogP contribution in [0.2, 0.25) is 0 Å². The van der Waals surface area contributed by atoms with E-state index in [1.54, 1.807) is 25.4 Å². The number of amides is 2. The second-order valence-electron chi connectivity index (χ2n) is 6.01. The number of hydrogen-bond donors (Lipinski definition) is 1. The molecule has 0 bridgehead atoms. The molecule has 25 heavy (non-hydrogen) atoms. The minimum atomic E-state index is -0.148. The summed E-state index contributed by atoms with van der Waals surface area (Å²) >= 11 is 0. The molecule has 0 radical (unpaired) electrons. The molecule has 6 nitrogen and oxygen atoms in total. The fraction of sp³-hybridized carbons (Fsp3) is 0.316. The lowest BCUT2D eigenvalue weighted by Gasteiger charge is -2.16. The van der Waals surface area contributed by atoms with Crippen LogP contribution in [0.1, 0.15) is 34.3 Å². The highest BCUT2D eigenvalue weighted by Gasteiger charge is 2.20. The van der Waals surface area contributed by atoms with Crippen LogP contribution >= 0.6 is 0 Å². The van der Waals surface area contributed by atoms with Crippen molar-refractivity contribution in [2.45, 2.75) is 25.9 Å². The Morgan fingerprint density at radius 3 is 2.84 bits per heavy atom. The number of hydrogen-bond acceptors (Lipinski definition) is 4. The number of nitrogens with one attached hydrogen (secondary N) is 1. The molecular formula is C19H21N3O3. The Hall–Kier alpha value is -2.89. The van der Waals surface area contributed by atoms with E-state index in [1.165, 1.54) is 0 Å². The minimum absolute atomic E-state index is 0.148. The Kier molecular flexibility index (Phi) is 5.28. The Balaban J connectivity index is 1.59. The molecule has 1 aromatic carbocycles. The number of carbonyl (C=O) groups is 2. The van der Waals surface area contributed by atoms with Crippen molar-refractivity contribution in [3.63, 3.8) is 0 Å². The predicted molar refractivity (Wildman–Crippen MR) is 93.1 cm³/mol. The predicted octanol–water partition coefficient (Wildman–Crippen LogP) is 2.14. The van der Waals surface area contributed by atoms with E-state index in [2.05, 4.69) is 10.3 Å². The van der Waals surface area contributed by atoms with Crippen LogP contribution < -0.4 is 10.1 Å². The molecule has 2 amide bonds. The lowest BCUT2D eigenvalue weighted by molar-refractivity contribution is -0.128. The van der Waals surface area contributed by atoms with Crippen molar-refractivity contribution in [3.8, 4) is 5.88 Å². The van der Waals surface area contributed by atoms with Crippen molar-refractivity contribution in [2.75, 3.05) is 13.7 Å². The number of aromatic nitrogens is 1. The molecule has 3 rings (SSSR count). The molecule has 0 aliphatic carbocycles. The van der Waals surface area contributed by atoms with E-state index in [9.17, 15) is 9.59 Å². The van der Waals surface area contributed by atoms with Gasteiger partial charge in [0.25, 0.3) is 5.91 Å². The number of pyridine rings is 1. The van der Waals surface area contributed by atoms with Gasteiger partial charge < -0.3 is 15.0 Å². The highest BCUT2D eigenvalue weighted by molar-refractivity contribution is 5.94. The number of nitrogens with zero attached hydrogens (tertiary/aromatic N) is 2. The van der Waals surface area contributed by atoms with Crippen LogP contribution in [-0.2, 0) is 17.9 Å². The zero-order valence-electron chi connectivity index (χ0n) is 14.2. The molecule has 130 valence electrons. The van der Waals surface area contributed by atoms with Gasteiger partial charge in [-0.15, -0.1) is 0 Å². The minimum Gasteiger partial charge on any atom is -0.481 e. The van der Waals surface area contributed by atoms with Gasteiger partial charge in [0.05, 0.1) is 7.11 Å². The van der Waals surface area contributed by atoms with Gasteiger partial charge in [-0.2, -0.15) is 0 Å². The van der Waals surface area contributed by atoms with Crippen molar-refractivity contribution in [2.24, 2.45) is 0 Å². The van der Waals surface area contributed by atoms with Crippen LogP contribution in [0.5, 0.6) is 5.88 Å². The first kappa shape index (κ1) is 17.0. The van der Waals surface area contributed by atoms with Crippen molar-refractivity contribution in [1.29, 1.82) is 0 Å². The molecular weight excluding hydrogens is 318 g/mol. The van der Waals surface area contributed by atoms with Gasteiger partial charge in [0.1, 0.15) is 0 Å². The third-order valence-electron chi connectivity index (χ3n) is 4.19. The average Bonchev–Trinajstić information content (AvgIpc) is 3.05. The molecule has 2 aromatic rings. The third-order valence-corrected chi connectivity index (χ3v) is 4.19. The molecule has 0 unspecified atom stereocenters. The van der Waals surface area contributed by atoms with Gasteiger partial charge >= 0.3 is 0 Å². The van der Waals surface area contributed by atoms with Crippen LogP contribution in [0.4, 0.5) is 0 Å². The summed E-state index contributed by atoms with van der Waals surface area (Å²) in [6.45, 7) is 1.74. The highest BCUT2D eigenvalue weighted by Crippen LogP contribution is 2.15. The lowest BCUT2D eigenvalue weighted by Crippen LogP contribution is -2.25. The van der Waals surface area contributed by atoms with Crippen molar-refractivity contribution in [1.82, 2.24) is 15.2 Å². The van der Waals surface area contributed by atoms with Gasteiger partial charge in [0.2, 0.25) is 11.8 Å². The van der Waals surface area contributed by atoms with E-state index >= 15 is 0 Å². The van der Waals surface area contributed by atoms with E-state index in [-0.39, 0.29) is 11.8 Å². The topological polar surface area (TPSA) is 71.5 Å². The van der Waals surface area contributed by atoms with Crippen LogP contribution in [0.3, 0.4) is 0 Å². The molecule has 1 aromatic heterocycles. The van der Waals surface area contributed by atoms with E-state index in [1.807, 2.05) is 29.2 Å². The summed E-state index contributed by atoms with van der Waals surface area (Å²) < 4.78 is 5.01. The SMILES string of the molecule is COc1ccc(CNC(=O)c2cccc(CN3CCCC3=O)c2)cn1. The first-order chi connectivity index (χ1) is 12.2. The van der Waals surface area contributed by atoms with Gasteiger partial charge in [0, 0.05) is 43.9 Å². The molecule has 1 saturated heterocycles. The van der Waals surface area contributed by atoms with Crippen LogP contribution in [0, 0.1) is 0 Å². The summed E-state index contributed by atoms with van der Waals surface area (Å²) in [7, 11) is 1.56. The van der Waals surface area contributed by atoms with Crippen LogP contribution in [0.25, 0.3) is 0 Å². The molecule has 0 spiro atoms. The molecule has 0 atom stereocenters. The van der Waals surface area contributed by atoms with E-state index in [0.29, 0.717) is 31.0 Å². The fourth-order valence-electron chi connectivity index (χ4n) is 2.82. The van der Waals surface area contributed by atoms with Gasteiger partial charge in [-0.1, -0.05) is 18.2 Å². The quantitative estimate of drug-likeness (QED) is 0.875. The summed E-state index contributed by atoms with van der Waals surface area (Å²) in [5.74, 6) is 0.575. The van der Waals surface area contributed by atoms with Crippen LogP contribution in [-0.4, -0.2) is 35.4 Å². The molecule has 1 N–H and O–H groups in total. The van der Waals surface area contributed by atoms with Gasteiger partial charge in [0.15, 0.2) is 0 Å². The fourth-order valence-corrected chi connectivity index (χ4v) is 2.82. The summed E-state index contributed by atoms with van der Waals surface area (Å²) in [6.07, 6.45) is 3.21. The van der Waals surface area contributed by atoms with E-state index in [4.69, 9.17) is 4.74 Å². The number of rotatable bonds is 6. The van der Waals surface area contributed by atoms with Crippen molar-refractivity contribution >= 4 is 11.8 Å². The average molecular weight is 339 g/mol. The monoisotopic (exact) mass is 339 g/mol. The normalized spacial score (nSPS) is 13.8. The Bertz CT molecular complexity index is 759. The number of benzene rings is 1. The molecule has 1 aliphatic heterocycles. The summed E-state index contributed by atoms with van der Waals surface area (Å²) in [6, 6.07) is 11.0. The van der Waals surface area contributed by atoms with E-state index in [0.717, 1.165) is 24.1 Å². The molecule has 0 saturated carbocycles. The van der Waals surface area contributed by atoms with Crippen LogP contribution in [0.15, 0.2) is 42.6 Å². The van der Waals surface area contributed by atoms with Gasteiger partial charge in [-0.3, -0.25) is 9.59 Å². The maximum Gasteiger partial charge on any atom is 0.251 e. The smallest absolute Gasteiger partial charge is 0.251 e. The summed E-state index contributed by atoms with van der Waals surface area (Å²) in [4.78, 5) is 30.0. The van der Waals surface area contributed by atoms with Crippen molar-refractivity contribution < 1.29 is 14.3 Å². The van der Waals surface area contributed by atoms with Crippen molar-refractivity contribution in [3.05, 3.63) is 59.3 Å². The number of carbonyl (C=O) groups excluding carboxylic acids is 2. The highest BCUT2D eigenvalue weighted by atomic mass is 16.5.